The smallest absolute Gasteiger partial charge is 0.253 e. The van der Waals surface area contributed by atoms with Crippen molar-refractivity contribution >= 4 is 11.8 Å². The SMILES string of the molecule is C/C=C(/C)C(=O)NC(C)=O.CC.CC1CC1CC(O)CO. The first kappa shape index (κ1) is 22.1. The minimum atomic E-state index is -0.472. The average molecular weight is 301 g/mol. The summed E-state index contributed by atoms with van der Waals surface area (Å²) in [6, 6.07) is 0. The molecule has 21 heavy (non-hydrogen) atoms. The Kier molecular flexibility index (Phi) is 13.2. The highest BCUT2D eigenvalue weighted by Crippen LogP contribution is 2.41. The van der Waals surface area contributed by atoms with Gasteiger partial charge in [0, 0.05) is 12.5 Å². The predicted molar refractivity (Wildman–Crippen MR) is 84.6 cm³/mol. The van der Waals surface area contributed by atoms with E-state index in [1.165, 1.54) is 13.3 Å². The largest absolute Gasteiger partial charge is 0.394 e. The van der Waals surface area contributed by atoms with E-state index in [4.69, 9.17) is 10.2 Å². The summed E-state index contributed by atoms with van der Waals surface area (Å²) in [4.78, 5) is 21.1. The monoisotopic (exact) mass is 301 g/mol. The molecule has 124 valence electrons. The highest BCUT2D eigenvalue weighted by atomic mass is 16.3. The van der Waals surface area contributed by atoms with Crippen molar-refractivity contribution in [2.24, 2.45) is 11.8 Å². The van der Waals surface area contributed by atoms with Crippen molar-refractivity contribution in [3.8, 4) is 0 Å². The van der Waals surface area contributed by atoms with Crippen molar-refractivity contribution in [1.82, 2.24) is 5.32 Å². The molecule has 0 spiro atoms. The number of aliphatic hydroxyl groups excluding tert-OH is 2. The van der Waals surface area contributed by atoms with Gasteiger partial charge in [-0.15, -0.1) is 0 Å². The summed E-state index contributed by atoms with van der Waals surface area (Å²) in [5, 5.41) is 19.5. The third-order valence-corrected chi connectivity index (χ3v) is 3.14. The molecule has 0 saturated heterocycles. The van der Waals surface area contributed by atoms with E-state index in [0.29, 0.717) is 11.5 Å². The van der Waals surface area contributed by atoms with Crippen molar-refractivity contribution in [3.63, 3.8) is 0 Å². The predicted octanol–water partition coefficient (Wildman–Crippen LogP) is 2.03. The first-order chi connectivity index (χ1) is 9.81. The summed E-state index contributed by atoms with van der Waals surface area (Å²) in [6.07, 6.45) is 3.20. The third-order valence-electron chi connectivity index (χ3n) is 3.14. The molecule has 3 unspecified atom stereocenters. The molecule has 0 aromatic heterocycles. The lowest BCUT2D eigenvalue weighted by Gasteiger charge is -2.03. The molecule has 0 aromatic rings. The second-order valence-corrected chi connectivity index (χ2v) is 5.03. The van der Waals surface area contributed by atoms with E-state index in [9.17, 15) is 9.59 Å². The van der Waals surface area contributed by atoms with E-state index in [0.717, 1.165) is 12.3 Å². The van der Waals surface area contributed by atoms with Crippen LogP contribution in [0.25, 0.3) is 0 Å². The minimum absolute atomic E-state index is 0.0801. The van der Waals surface area contributed by atoms with Gasteiger partial charge in [0.05, 0.1) is 12.7 Å². The van der Waals surface area contributed by atoms with Crippen molar-refractivity contribution < 1.29 is 19.8 Å². The number of aliphatic hydroxyl groups is 2. The van der Waals surface area contributed by atoms with Gasteiger partial charge in [0.2, 0.25) is 5.91 Å². The summed E-state index contributed by atoms with van der Waals surface area (Å²) in [5.41, 5.74) is 0.551. The van der Waals surface area contributed by atoms with Gasteiger partial charge in [-0.25, -0.2) is 0 Å². The van der Waals surface area contributed by atoms with E-state index in [-0.39, 0.29) is 18.4 Å². The Morgan fingerprint density at radius 1 is 1.33 bits per heavy atom. The molecule has 3 atom stereocenters. The Labute approximate surface area is 128 Å². The van der Waals surface area contributed by atoms with Gasteiger partial charge >= 0.3 is 0 Å². The molecule has 0 heterocycles. The number of carbonyl (C=O) groups excluding carboxylic acids is 2. The van der Waals surface area contributed by atoms with Gasteiger partial charge in [-0.05, 0) is 38.5 Å². The number of allylic oxidation sites excluding steroid dienone is 1. The van der Waals surface area contributed by atoms with Gasteiger partial charge in [-0.3, -0.25) is 14.9 Å². The highest BCUT2D eigenvalue weighted by Gasteiger charge is 2.33. The van der Waals surface area contributed by atoms with Crippen LogP contribution < -0.4 is 5.32 Å². The molecule has 0 bridgehead atoms. The fourth-order valence-electron chi connectivity index (χ4n) is 1.54. The van der Waals surface area contributed by atoms with Gasteiger partial charge in [0.15, 0.2) is 0 Å². The lowest BCUT2D eigenvalue weighted by Crippen LogP contribution is -2.28. The van der Waals surface area contributed by atoms with E-state index < -0.39 is 6.10 Å². The van der Waals surface area contributed by atoms with Crippen molar-refractivity contribution in [1.29, 1.82) is 0 Å². The molecule has 5 heteroatoms. The number of hydrogen-bond acceptors (Lipinski definition) is 4. The molecule has 1 fully saturated rings. The molecule has 1 aliphatic carbocycles. The van der Waals surface area contributed by atoms with Crippen molar-refractivity contribution in [2.75, 3.05) is 6.61 Å². The average Bonchev–Trinajstić information content (AvgIpc) is 3.15. The summed E-state index contributed by atoms with van der Waals surface area (Å²) in [5.74, 6) is 0.819. The number of rotatable bonds is 4. The van der Waals surface area contributed by atoms with Crippen LogP contribution in [0.3, 0.4) is 0 Å². The topological polar surface area (TPSA) is 86.6 Å². The van der Waals surface area contributed by atoms with E-state index in [1.54, 1.807) is 19.9 Å². The fraction of sp³-hybridized carbons (Fsp3) is 0.750. The fourth-order valence-corrected chi connectivity index (χ4v) is 1.54. The van der Waals surface area contributed by atoms with Crippen LogP contribution in [0.5, 0.6) is 0 Å². The number of carbonyl (C=O) groups is 2. The molecule has 3 N–H and O–H groups in total. The van der Waals surface area contributed by atoms with Crippen LogP contribution in [0.4, 0.5) is 0 Å². The van der Waals surface area contributed by atoms with E-state index in [2.05, 4.69) is 12.2 Å². The molecular weight excluding hydrogens is 270 g/mol. The summed E-state index contributed by atoms with van der Waals surface area (Å²) in [7, 11) is 0. The lowest BCUT2D eigenvalue weighted by atomic mass is 10.2. The first-order valence-corrected chi connectivity index (χ1v) is 7.55. The molecule has 2 amide bonds. The van der Waals surface area contributed by atoms with Crippen LogP contribution in [0.15, 0.2) is 11.6 Å². The molecule has 0 radical (unpaired) electrons. The second kappa shape index (κ2) is 12.5. The quantitative estimate of drug-likeness (QED) is 0.693. The molecular formula is C16H31NO4. The Morgan fingerprint density at radius 3 is 2.10 bits per heavy atom. The number of hydrogen-bond donors (Lipinski definition) is 3. The van der Waals surface area contributed by atoms with Gasteiger partial charge < -0.3 is 10.2 Å². The van der Waals surface area contributed by atoms with Crippen LogP contribution >= 0.6 is 0 Å². The van der Waals surface area contributed by atoms with Crippen LogP contribution in [0.1, 0.15) is 54.4 Å². The Hall–Kier alpha value is -1.20. The van der Waals surface area contributed by atoms with Crippen LogP contribution in [-0.4, -0.2) is 34.7 Å². The molecule has 1 saturated carbocycles. The van der Waals surface area contributed by atoms with Gasteiger partial charge in [-0.1, -0.05) is 26.8 Å². The lowest BCUT2D eigenvalue weighted by molar-refractivity contribution is -0.127. The van der Waals surface area contributed by atoms with Crippen molar-refractivity contribution in [3.05, 3.63) is 11.6 Å². The zero-order valence-corrected chi connectivity index (χ0v) is 14.1. The standard InChI is InChI=1S/C7H11NO2.C7H14O2.C2H6/c1-4-5(2)7(10)8-6(3)9;1-5-2-6(5)3-7(9)4-8;1-2/h4H,1-3H3,(H,8,9,10);5-9H,2-4H2,1H3;1-2H3/b5-4-;;. The maximum absolute atomic E-state index is 10.8. The maximum atomic E-state index is 10.8. The third kappa shape index (κ3) is 12.3. The number of nitrogens with one attached hydrogen (secondary N) is 1. The number of amides is 2. The zero-order chi connectivity index (χ0) is 17.0. The van der Waals surface area contributed by atoms with Gasteiger partial charge in [0.25, 0.3) is 5.91 Å². The highest BCUT2D eigenvalue weighted by molar-refractivity contribution is 6.03. The molecule has 5 nitrogen and oxygen atoms in total. The second-order valence-electron chi connectivity index (χ2n) is 5.03. The molecule has 0 aliphatic heterocycles. The normalized spacial score (nSPS) is 21.0. The Bertz CT molecular complexity index is 337. The molecule has 0 aromatic carbocycles. The minimum Gasteiger partial charge on any atom is -0.394 e. The number of imide groups is 1. The first-order valence-electron chi connectivity index (χ1n) is 7.55. The zero-order valence-electron chi connectivity index (χ0n) is 14.1. The van der Waals surface area contributed by atoms with E-state index >= 15 is 0 Å². The van der Waals surface area contributed by atoms with Gasteiger partial charge in [0.1, 0.15) is 0 Å². The maximum Gasteiger partial charge on any atom is 0.253 e. The summed E-state index contributed by atoms with van der Waals surface area (Å²) in [6.45, 7) is 10.8. The summed E-state index contributed by atoms with van der Waals surface area (Å²) >= 11 is 0. The Morgan fingerprint density at radius 2 is 1.81 bits per heavy atom. The van der Waals surface area contributed by atoms with Gasteiger partial charge in [-0.2, -0.15) is 0 Å². The van der Waals surface area contributed by atoms with E-state index in [1.807, 2.05) is 13.8 Å². The molecule has 1 rings (SSSR count). The summed E-state index contributed by atoms with van der Waals surface area (Å²) < 4.78 is 0. The molecule has 1 aliphatic rings. The van der Waals surface area contributed by atoms with Crippen LogP contribution in [0, 0.1) is 11.8 Å². The van der Waals surface area contributed by atoms with Crippen LogP contribution in [-0.2, 0) is 9.59 Å². The van der Waals surface area contributed by atoms with Crippen LogP contribution in [0.2, 0.25) is 0 Å². The Balaban J connectivity index is 0. The van der Waals surface area contributed by atoms with Crippen molar-refractivity contribution in [2.45, 2.75) is 60.5 Å².